The monoisotopic (exact) mass is 1150 g/mol. The van der Waals surface area contributed by atoms with Crippen molar-refractivity contribution in [1.82, 2.24) is 9.44 Å². The number of nitriles is 1. The summed E-state index contributed by atoms with van der Waals surface area (Å²) < 4.78 is 71.5. The summed E-state index contributed by atoms with van der Waals surface area (Å²) in [5.74, 6) is -1.25. The van der Waals surface area contributed by atoms with Gasteiger partial charge < -0.3 is 36.4 Å². The molecule has 0 aliphatic rings. The summed E-state index contributed by atoms with van der Waals surface area (Å²) in [5, 5.41) is 40.9. The lowest BCUT2D eigenvalue weighted by Crippen LogP contribution is -2.23. The number of para-hydroxylation sites is 4. The van der Waals surface area contributed by atoms with Crippen LogP contribution in [0.1, 0.15) is 56.6 Å². The number of carboxylic acid groups (broad SMARTS) is 1. The van der Waals surface area contributed by atoms with Crippen molar-refractivity contribution in [3.05, 3.63) is 116 Å². The molecule has 9 N–H and O–H groups in total. The van der Waals surface area contributed by atoms with Crippen LogP contribution in [-0.2, 0) is 56.3 Å². The van der Waals surface area contributed by atoms with Crippen molar-refractivity contribution >= 4 is 121 Å². The van der Waals surface area contributed by atoms with Gasteiger partial charge in [-0.1, -0.05) is 94.9 Å². The Morgan fingerprint density at radius 1 is 0.620 bits per heavy atom. The molecule has 0 aliphatic heterocycles. The number of carbonyl (C=O) groups excluding carboxylic acids is 1. The molecule has 4 aromatic rings. The van der Waals surface area contributed by atoms with E-state index in [0.29, 0.717) is 93.7 Å². The number of aliphatic hydroxyl groups is 2. The molecule has 0 fully saturated rings. The fourth-order valence-corrected chi connectivity index (χ4v) is 6.90. The minimum Gasteiger partial charge on any atom is -0.481 e. The summed E-state index contributed by atoms with van der Waals surface area (Å²) >= 11 is 24.5. The Morgan fingerprint density at radius 2 is 0.972 bits per heavy atom. The van der Waals surface area contributed by atoms with Crippen LogP contribution in [0.3, 0.4) is 0 Å². The fourth-order valence-electron chi connectivity index (χ4n) is 4.89. The number of esters is 1. The number of halogens is 5. The van der Waals surface area contributed by atoms with Gasteiger partial charge in [0, 0.05) is 55.3 Å². The molecule has 0 unspecified atom stereocenters. The molecular formula is C45H63Cl5N6O12S3. The Kier molecular flexibility index (Phi) is 38.5. The fraction of sp³-hybridized carbons (Fsp3) is 0.400. The van der Waals surface area contributed by atoms with E-state index < -0.39 is 35.1 Å². The van der Waals surface area contributed by atoms with E-state index in [2.05, 4.69) is 30.8 Å². The largest absolute Gasteiger partial charge is 0.481 e. The maximum Gasteiger partial charge on any atom is 0.310 e. The number of benzene rings is 4. The summed E-state index contributed by atoms with van der Waals surface area (Å²) in [6.07, 6.45) is 7.44. The van der Waals surface area contributed by atoms with E-state index in [4.69, 9.17) is 77.5 Å². The lowest BCUT2D eigenvalue weighted by Gasteiger charge is -2.14. The summed E-state index contributed by atoms with van der Waals surface area (Å²) in [6.45, 7) is 3.49. The number of nitrogens with two attached hydrogens (primary N) is 1. The van der Waals surface area contributed by atoms with Crippen LogP contribution in [0.4, 0.5) is 22.7 Å². The maximum atomic E-state index is 12.1. The predicted octanol–water partition coefficient (Wildman–Crippen LogP) is 8.26. The number of carboxylic acids is 1. The summed E-state index contributed by atoms with van der Waals surface area (Å²) in [6, 6.07) is 26.6. The number of hydrogen-bond acceptors (Lipinski definition) is 15. The van der Waals surface area contributed by atoms with Gasteiger partial charge in [0.15, 0.2) is 0 Å². The van der Waals surface area contributed by atoms with Gasteiger partial charge in [-0.2, -0.15) is 5.26 Å². The van der Waals surface area contributed by atoms with Gasteiger partial charge in [0.05, 0.1) is 75.8 Å². The molecule has 0 saturated heterocycles. The number of aliphatic hydroxyl groups excluding tert-OH is 2. The molecule has 0 bridgehead atoms. The van der Waals surface area contributed by atoms with Crippen LogP contribution in [0, 0.1) is 11.3 Å². The van der Waals surface area contributed by atoms with Crippen LogP contribution in [0.15, 0.2) is 84.9 Å². The highest BCUT2D eigenvalue weighted by Gasteiger charge is 2.13. The first-order chi connectivity index (χ1) is 33.2. The second-order valence-corrected chi connectivity index (χ2v) is 22.7. The Bertz CT molecular complexity index is 2510. The average molecular weight is 1150 g/mol. The van der Waals surface area contributed by atoms with Crippen LogP contribution in [0.25, 0.3) is 0 Å². The number of anilines is 4. The third-order valence-corrected chi connectivity index (χ3v) is 10.6. The molecule has 71 heavy (non-hydrogen) atoms. The van der Waals surface area contributed by atoms with Crippen molar-refractivity contribution in [1.29, 1.82) is 5.26 Å². The van der Waals surface area contributed by atoms with E-state index in [0.717, 1.165) is 37.2 Å². The van der Waals surface area contributed by atoms with E-state index >= 15 is 0 Å². The second kappa shape index (κ2) is 39.5. The molecule has 26 heteroatoms. The topological polar surface area (TPSA) is 304 Å². The molecule has 4 aromatic carbocycles. The standard InChI is InChI=1S/C19H22Cl2N2O4S.C14H11Cl2NO2.C5H13NO3S.C4H11NO.C2H3N.CH3ClO2S/c1-28(25,26)22-11-4-5-12-27-18(24)13-14-7-2-3-10-17(14)23-19-15(20)8-6-9-16(19)21;15-10-5-3-6-11(16)14(10)17-12-7-2-1-4-9(12)8-13(18)19;1-10(8,9)6-4-2-3-5-7;5-3-1-2-4-6;1-2-3;1-5(2,3)4/h2-3,6-10,22-23H,4-5,11-13H2,1H3;1-7,17H,8H2,(H,18,19);6-7H,2-5H2,1H3;6H,1-5H2;1H3;1H3. The highest BCUT2D eigenvalue weighted by molar-refractivity contribution is 8.13. The zero-order valence-electron chi connectivity index (χ0n) is 39.6. The third kappa shape index (κ3) is 40.2. The average Bonchev–Trinajstić information content (AvgIpc) is 3.26. The SMILES string of the molecule is CC#N.CS(=O)(=O)Cl.CS(=O)(=O)NCCCCO.CS(=O)(=O)NCCCCOC(=O)Cc1ccccc1Nc1c(Cl)cccc1Cl.NCCCCO.O=C(O)Cc1ccccc1Nc1c(Cl)cccc1Cl. The molecule has 4 rings (SSSR count). The molecule has 0 heterocycles. The Labute approximate surface area is 442 Å². The lowest BCUT2D eigenvalue weighted by atomic mass is 10.1. The van der Waals surface area contributed by atoms with Crippen LogP contribution >= 0.6 is 57.1 Å². The van der Waals surface area contributed by atoms with Crippen molar-refractivity contribution in [2.24, 2.45) is 5.73 Å². The quantitative estimate of drug-likeness (QED) is 0.0209. The molecule has 0 spiro atoms. The van der Waals surface area contributed by atoms with E-state index in [1.807, 2.05) is 30.3 Å². The van der Waals surface area contributed by atoms with E-state index in [1.54, 1.807) is 60.7 Å². The Hall–Kier alpha value is -3.99. The first-order valence-electron chi connectivity index (χ1n) is 21.2. The van der Waals surface area contributed by atoms with Crippen molar-refractivity contribution in [2.75, 3.05) is 68.9 Å². The van der Waals surface area contributed by atoms with Gasteiger partial charge in [-0.3, -0.25) is 9.59 Å². The minimum atomic E-state index is -3.19. The minimum absolute atomic E-state index is 0.0642. The highest BCUT2D eigenvalue weighted by Crippen LogP contribution is 2.35. The van der Waals surface area contributed by atoms with Crippen LogP contribution in [0.2, 0.25) is 20.1 Å². The first-order valence-corrected chi connectivity index (χ1v) is 29.2. The van der Waals surface area contributed by atoms with Crippen LogP contribution < -0.4 is 25.8 Å². The number of nitrogens with zero attached hydrogens (tertiary/aromatic N) is 1. The van der Waals surface area contributed by atoms with E-state index in [9.17, 15) is 34.8 Å². The van der Waals surface area contributed by atoms with Gasteiger partial charge in [-0.25, -0.2) is 34.7 Å². The molecule has 0 atom stereocenters. The molecule has 0 aliphatic carbocycles. The van der Waals surface area contributed by atoms with Crippen LogP contribution in [-0.4, -0.2) is 111 Å². The molecule has 0 amide bonds. The Balaban J connectivity index is 0. The van der Waals surface area contributed by atoms with Crippen molar-refractivity contribution in [3.63, 3.8) is 0 Å². The maximum absolute atomic E-state index is 12.1. The van der Waals surface area contributed by atoms with Gasteiger partial charge in [-0.15, -0.1) is 0 Å². The summed E-state index contributed by atoms with van der Waals surface area (Å²) in [4.78, 5) is 23.0. The van der Waals surface area contributed by atoms with Crippen LogP contribution in [0.5, 0.6) is 0 Å². The normalized spacial score (nSPS) is 10.5. The smallest absolute Gasteiger partial charge is 0.310 e. The van der Waals surface area contributed by atoms with Crippen molar-refractivity contribution < 1.29 is 54.9 Å². The number of hydrogen-bond donors (Lipinski definition) is 8. The zero-order chi connectivity index (χ0) is 54.5. The number of rotatable bonds is 22. The highest BCUT2D eigenvalue weighted by atomic mass is 35.7. The zero-order valence-corrected chi connectivity index (χ0v) is 45.9. The lowest BCUT2D eigenvalue weighted by molar-refractivity contribution is -0.143. The van der Waals surface area contributed by atoms with Crippen molar-refractivity contribution in [2.45, 2.75) is 58.3 Å². The number of unbranched alkanes of at least 4 members (excludes halogenated alkanes) is 3. The first kappa shape index (κ1) is 69.1. The molecular weight excluding hydrogens is 1090 g/mol. The van der Waals surface area contributed by atoms with Gasteiger partial charge in [-0.05, 0) is 92.6 Å². The second-order valence-electron chi connectivity index (χ2n) is 14.3. The molecule has 0 saturated carbocycles. The summed E-state index contributed by atoms with van der Waals surface area (Å²) in [5.41, 5.74) is 9.07. The third-order valence-electron chi connectivity index (χ3n) is 7.92. The summed E-state index contributed by atoms with van der Waals surface area (Å²) in [7, 11) is -4.92. The number of nitrogens with one attached hydrogen (secondary N) is 4. The Morgan fingerprint density at radius 3 is 1.31 bits per heavy atom. The molecule has 0 radical (unpaired) electrons. The predicted molar refractivity (Wildman–Crippen MR) is 287 cm³/mol. The van der Waals surface area contributed by atoms with E-state index in [-0.39, 0.29) is 38.6 Å². The van der Waals surface area contributed by atoms with Gasteiger partial charge in [0.25, 0.3) is 0 Å². The number of sulfonamides is 2. The number of ether oxygens (including phenoxy) is 1. The van der Waals surface area contributed by atoms with Gasteiger partial charge in [0.2, 0.25) is 29.1 Å². The van der Waals surface area contributed by atoms with Crippen molar-refractivity contribution in [3.8, 4) is 6.07 Å². The molecule has 0 aromatic heterocycles. The van der Waals surface area contributed by atoms with Gasteiger partial charge in [0.1, 0.15) is 0 Å². The number of aliphatic carboxylic acids is 1. The molecule has 18 nitrogen and oxygen atoms in total. The molecule has 398 valence electrons. The van der Waals surface area contributed by atoms with E-state index in [1.165, 1.54) is 6.92 Å². The number of carbonyl (C=O) groups is 2. The van der Waals surface area contributed by atoms with Gasteiger partial charge >= 0.3 is 11.9 Å².